The number of alkyl halides is 5. The van der Waals surface area contributed by atoms with Crippen LogP contribution in [0.15, 0.2) is 42.6 Å². The molecule has 4 amide bonds. The van der Waals surface area contributed by atoms with E-state index in [-0.39, 0.29) is 36.9 Å². The monoisotopic (exact) mass is 871 g/mol. The third-order valence-corrected chi connectivity index (χ3v) is 14.1. The smallest absolute Gasteiger partial charge is 0.427 e. The largest absolute Gasteiger partial charge is 0.485 e. The summed E-state index contributed by atoms with van der Waals surface area (Å²) in [6.45, 7) is 5.18. The number of hydrogen-bond acceptors (Lipinski definition) is 10. The number of rotatable bonds is 10. The highest BCUT2D eigenvalue weighted by atomic mass is 32.2. The van der Waals surface area contributed by atoms with E-state index in [2.05, 4.69) is 20.3 Å². The third-order valence-electron chi connectivity index (χ3n) is 11.9. The van der Waals surface area contributed by atoms with Gasteiger partial charge in [0.15, 0.2) is 0 Å². The van der Waals surface area contributed by atoms with Crippen molar-refractivity contribution in [2.75, 3.05) is 13.2 Å². The van der Waals surface area contributed by atoms with Crippen LogP contribution in [-0.4, -0.2) is 102 Å². The van der Waals surface area contributed by atoms with Crippen LogP contribution < -0.4 is 24.8 Å². The van der Waals surface area contributed by atoms with E-state index in [4.69, 9.17) is 14.2 Å². The normalized spacial score (nSPS) is 28.9. The molecule has 7 atom stereocenters. The molecule has 3 N–H and O–H groups in total. The maximum absolute atomic E-state index is 14.8. The van der Waals surface area contributed by atoms with E-state index in [1.165, 1.54) is 13.1 Å². The molecule has 1 aromatic carbocycles. The van der Waals surface area contributed by atoms with E-state index in [0.29, 0.717) is 56.7 Å². The van der Waals surface area contributed by atoms with Crippen molar-refractivity contribution in [3.63, 3.8) is 0 Å². The van der Waals surface area contributed by atoms with Crippen LogP contribution >= 0.6 is 0 Å². The van der Waals surface area contributed by atoms with Gasteiger partial charge in [0.2, 0.25) is 33.3 Å². The number of carbonyl (C=O) groups excluding carboxylic acids is 4. The molecule has 3 fully saturated rings. The Bertz CT molecular complexity index is 2130. The fraction of sp³-hybridized carbons (Fsp3) is 0.625. The number of halogens is 5. The number of nitrogens with one attached hydrogen (secondary N) is 3. The molecule has 3 heterocycles. The number of hydrogen-bond donors (Lipinski definition) is 3. The average Bonchev–Trinajstić information content (AvgIpc) is 4.04. The SMILES string of the molecule is C[C@@H]1CC/C=C\[C@@H]2C[C@@]2(C(=O)NS(=O)(=O)C2(C)CC2)NC(=O)[C@@H]2C[C@@H](Oc3ncc(OCC(F)F)c4ccccc34)CN2C(=O)[C@@H](NC(=O)OC(C)(C)C(F)(F)F)[C@H](C)C1. The number of nitrogens with zero attached hydrogens (tertiary/aromatic N) is 2. The van der Waals surface area contributed by atoms with Crippen LogP contribution in [0.25, 0.3) is 10.8 Å². The Morgan fingerprint density at radius 3 is 2.42 bits per heavy atom. The molecule has 2 aromatic rings. The predicted octanol–water partition coefficient (Wildman–Crippen LogP) is 5.55. The van der Waals surface area contributed by atoms with E-state index < -0.39 is 99.0 Å². The maximum Gasteiger partial charge on any atom is 0.427 e. The second kappa shape index (κ2) is 16.6. The first-order valence-electron chi connectivity index (χ1n) is 19.8. The van der Waals surface area contributed by atoms with Crippen molar-refractivity contribution < 1.29 is 63.8 Å². The van der Waals surface area contributed by atoms with Crippen LogP contribution in [0.2, 0.25) is 0 Å². The van der Waals surface area contributed by atoms with Crippen molar-refractivity contribution in [2.45, 2.75) is 126 Å². The molecule has 2 saturated carbocycles. The van der Waals surface area contributed by atoms with Crippen LogP contribution in [0.4, 0.5) is 26.7 Å². The Balaban J connectivity index is 1.35. The average molecular weight is 872 g/mol. The fourth-order valence-electron chi connectivity index (χ4n) is 7.70. The summed E-state index contributed by atoms with van der Waals surface area (Å²) in [5.41, 5.74) is -4.62. The summed E-state index contributed by atoms with van der Waals surface area (Å²) in [4.78, 5) is 61.7. The summed E-state index contributed by atoms with van der Waals surface area (Å²) in [5.74, 6) is -3.94. The Hall–Kier alpha value is -4.75. The molecule has 0 unspecified atom stereocenters. The van der Waals surface area contributed by atoms with Crippen molar-refractivity contribution in [3.05, 3.63) is 42.6 Å². The highest BCUT2D eigenvalue weighted by Crippen LogP contribution is 2.48. The topological polar surface area (TPSA) is 182 Å². The molecule has 6 rings (SSSR count). The minimum atomic E-state index is -4.95. The first-order valence-corrected chi connectivity index (χ1v) is 21.3. The Kier molecular flexibility index (Phi) is 12.4. The lowest BCUT2D eigenvalue weighted by Crippen LogP contribution is -2.59. The Morgan fingerprint density at radius 1 is 1.08 bits per heavy atom. The number of allylic oxidation sites excluding steroid dienone is 1. The molecule has 0 radical (unpaired) electrons. The van der Waals surface area contributed by atoms with Crippen molar-refractivity contribution in [1.29, 1.82) is 0 Å². The van der Waals surface area contributed by atoms with Gasteiger partial charge in [-0.25, -0.2) is 27.0 Å². The molecule has 0 spiro atoms. The Labute approximate surface area is 344 Å². The zero-order chi connectivity index (χ0) is 44.0. The molecule has 20 heteroatoms. The van der Waals surface area contributed by atoms with Gasteiger partial charge < -0.3 is 29.7 Å². The van der Waals surface area contributed by atoms with Gasteiger partial charge in [-0.15, -0.1) is 0 Å². The third kappa shape index (κ3) is 9.42. The fourth-order valence-corrected chi connectivity index (χ4v) is 9.02. The first-order chi connectivity index (χ1) is 28.0. The number of alkyl carbamates (subject to hydrolysis) is 1. The lowest BCUT2D eigenvalue weighted by Gasteiger charge is -2.34. The Morgan fingerprint density at radius 2 is 1.77 bits per heavy atom. The van der Waals surface area contributed by atoms with Crippen LogP contribution in [-0.2, 0) is 29.1 Å². The van der Waals surface area contributed by atoms with Gasteiger partial charge in [-0.05, 0) is 77.2 Å². The summed E-state index contributed by atoms with van der Waals surface area (Å²) >= 11 is 0. The summed E-state index contributed by atoms with van der Waals surface area (Å²) < 4.78 is 111. The van der Waals surface area contributed by atoms with Gasteiger partial charge in [-0.2, -0.15) is 13.2 Å². The molecule has 0 bridgehead atoms. The number of benzene rings is 1. The number of fused-ring (bicyclic) bond motifs is 3. The van der Waals surface area contributed by atoms with Gasteiger partial charge in [0.05, 0.1) is 17.5 Å². The van der Waals surface area contributed by atoms with Crippen LogP contribution in [0.3, 0.4) is 0 Å². The van der Waals surface area contributed by atoms with Crippen molar-refractivity contribution in [3.8, 4) is 11.6 Å². The number of carbonyl (C=O) groups is 4. The summed E-state index contributed by atoms with van der Waals surface area (Å²) in [7, 11) is -4.12. The molecule has 14 nitrogen and oxygen atoms in total. The zero-order valence-electron chi connectivity index (χ0n) is 33.8. The van der Waals surface area contributed by atoms with Crippen molar-refractivity contribution in [2.24, 2.45) is 17.8 Å². The second-order valence-electron chi connectivity index (χ2n) is 17.2. The van der Waals surface area contributed by atoms with E-state index in [1.807, 2.05) is 13.0 Å². The predicted molar refractivity (Wildman–Crippen MR) is 206 cm³/mol. The number of aromatic nitrogens is 1. The number of amides is 4. The van der Waals surface area contributed by atoms with Gasteiger partial charge in [-0.3, -0.25) is 19.1 Å². The quantitative estimate of drug-likeness (QED) is 0.202. The molecule has 2 aliphatic heterocycles. The zero-order valence-corrected chi connectivity index (χ0v) is 34.6. The first kappa shape index (κ1) is 44.8. The minimum absolute atomic E-state index is 0.00689. The number of sulfonamides is 1. The standard InChI is InChI=1S/C40H50F5N5O9S/c1-22-10-6-7-11-24-18-39(24,35(53)49-60(55,56)38(5)14-15-38)48-32(51)28-17-25(58-33-27-13-9-8-12-26(27)29(19-46-33)57-21-30(41)42)20-50(28)34(52)31(23(2)16-22)47-36(54)59-37(3,4)40(43,44)45/h7-9,11-13,19,22-25,28,30-31H,6,10,14-18,20-21H2,1-5H3,(H,47,54)(H,48,51)(H,49,53)/b11-7-/t22-,23-,24-,25-,28+,31+,39-/m1/s1. The molecular formula is C40H50F5N5O9S. The van der Waals surface area contributed by atoms with Crippen LogP contribution in [0.1, 0.15) is 79.6 Å². The number of ether oxygens (including phenoxy) is 3. The molecule has 4 aliphatic rings. The molecule has 1 saturated heterocycles. The molecule has 2 aliphatic carbocycles. The molecule has 1 aromatic heterocycles. The summed E-state index contributed by atoms with van der Waals surface area (Å²) in [5, 5.41) is 5.82. The van der Waals surface area contributed by atoms with Gasteiger partial charge in [0.25, 0.3) is 12.3 Å². The molecule has 60 heavy (non-hydrogen) atoms. The molecule has 330 valence electrons. The van der Waals surface area contributed by atoms with Crippen LogP contribution in [0, 0.1) is 17.8 Å². The lowest BCUT2D eigenvalue weighted by molar-refractivity contribution is -0.244. The highest BCUT2D eigenvalue weighted by Gasteiger charge is 2.63. The van der Waals surface area contributed by atoms with Gasteiger partial charge in [0.1, 0.15) is 36.1 Å². The molecular weight excluding hydrogens is 822 g/mol. The van der Waals surface area contributed by atoms with E-state index in [1.54, 1.807) is 37.3 Å². The van der Waals surface area contributed by atoms with Crippen molar-refractivity contribution >= 4 is 44.6 Å². The van der Waals surface area contributed by atoms with E-state index in [0.717, 1.165) is 4.90 Å². The van der Waals surface area contributed by atoms with E-state index in [9.17, 15) is 49.5 Å². The summed E-state index contributed by atoms with van der Waals surface area (Å²) in [6, 6.07) is 3.60. The second-order valence-corrected chi connectivity index (χ2v) is 19.4. The van der Waals surface area contributed by atoms with Gasteiger partial charge >= 0.3 is 12.3 Å². The highest BCUT2D eigenvalue weighted by molar-refractivity contribution is 7.91. The van der Waals surface area contributed by atoms with E-state index >= 15 is 0 Å². The van der Waals surface area contributed by atoms with Gasteiger partial charge in [-0.1, -0.05) is 44.2 Å². The minimum Gasteiger partial charge on any atom is -0.485 e. The van der Waals surface area contributed by atoms with Gasteiger partial charge in [0, 0.05) is 23.1 Å². The maximum atomic E-state index is 14.8. The van der Waals surface area contributed by atoms with Crippen molar-refractivity contribution in [1.82, 2.24) is 25.2 Å². The number of pyridine rings is 1. The lowest BCUT2D eigenvalue weighted by atomic mass is 9.88. The summed E-state index contributed by atoms with van der Waals surface area (Å²) in [6.07, 6.45) is -3.49. The van der Waals surface area contributed by atoms with Crippen LogP contribution in [0.5, 0.6) is 11.6 Å².